The second-order valence-corrected chi connectivity index (χ2v) is 7.16. The number of aryl methyl sites for hydroxylation is 2. The minimum atomic E-state index is -0.444. The van der Waals surface area contributed by atoms with Crippen molar-refractivity contribution in [2.75, 3.05) is 6.61 Å². The molecule has 0 saturated heterocycles. The van der Waals surface area contributed by atoms with Crippen LogP contribution in [-0.4, -0.2) is 24.5 Å². The lowest BCUT2D eigenvalue weighted by molar-refractivity contribution is -0.117. The third kappa shape index (κ3) is 4.96. The van der Waals surface area contributed by atoms with Crippen molar-refractivity contribution in [3.8, 4) is 11.5 Å². The molecule has 0 aliphatic carbocycles. The van der Waals surface area contributed by atoms with E-state index >= 15 is 0 Å². The highest BCUT2D eigenvalue weighted by Gasteiger charge is 2.21. The minimum absolute atomic E-state index is 0.127. The summed E-state index contributed by atoms with van der Waals surface area (Å²) in [5.74, 6) is 0.705. The normalized spacial score (nSPS) is 15.0. The Labute approximate surface area is 170 Å². The summed E-state index contributed by atoms with van der Waals surface area (Å²) in [5, 5.41) is 0. The van der Waals surface area contributed by atoms with E-state index in [0.717, 1.165) is 34.4 Å². The van der Waals surface area contributed by atoms with Crippen LogP contribution < -0.4 is 20.3 Å². The van der Waals surface area contributed by atoms with Gasteiger partial charge < -0.3 is 9.47 Å². The zero-order valence-electron chi connectivity index (χ0n) is 17.2. The lowest BCUT2D eigenvalue weighted by Gasteiger charge is -2.10. The van der Waals surface area contributed by atoms with Gasteiger partial charge in [0.05, 0.1) is 6.61 Å². The Bertz CT molecular complexity index is 966. The first-order valence-electron chi connectivity index (χ1n) is 9.69. The predicted molar refractivity (Wildman–Crippen MR) is 112 cm³/mol. The van der Waals surface area contributed by atoms with Gasteiger partial charge >= 0.3 is 0 Å². The van der Waals surface area contributed by atoms with Crippen molar-refractivity contribution >= 4 is 17.9 Å². The first kappa shape index (κ1) is 20.5. The van der Waals surface area contributed by atoms with Gasteiger partial charge in [0.15, 0.2) is 0 Å². The molecule has 1 aliphatic heterocycles. The molecule has 6 nitrogen and oxygen atoms in total. The van der Waals surface area contributed by atoms with Crippen LogP contribution in [-0.2, 0) is 11.2 Å². The fraction of sp³-hybridized carbons (Fsp3) is 0.304. The number of ether oxygens (including phenoxy) is 2. The third-order valence-electron chi connectivity index (χ3n) is 4.67. The molecule has 0 aromatic heterocycles. The number of nitrogens with one attached hydrogen (secondary N) is 2. The number of rotatable bonds is 5. The number of carbonyl (C=O) groups excluding carboxylic acids is 2. The molecule has 2 aromatic rings. The second kappa shape index (κ2) is 8.82. The van der Waals surface area contributed by atoms with Crippen molar-refractivity contribution in [1.29, 1.82) is 0 Å². The van der Waals surface area contributed by atoms with Crippen LogP contribution in [0.5, 0.6) is 11.5 Å². The van der Waals surface area contributed by atoms with Gasteiger partial charge in [-0.15, -0.1) is 0 Å². The second-order valence-electron chi connectivity index (χ2n) is 7.16. The highest BCUT2D eigenvalue weighted by molar-refractivity contribution is 5.99. The van der Waals surface area contributed by atoms with Gasteiger partial charge in [0.25, 0.3) is 11.8 Å². The smallest absolute Gasteiger partial charge is 0.269 e. The molecular formula is C23H26N2O4. The molecule has 3 rings (SSSR count). The largest absolute Gasteiger partial charge is 0.493 e. The van der Waals surface area contributed by atoms with Crippen LogP contribution in [0.15, 0.2) is 36.4 Å². The van der Waals surface area contributed by atoms with Gasteiger partial charge in [0.1, 0.15) is 17.6 Å². The van der Waals surface area contributed by atoms with Gasteiger partial charge in [-0.05, 0) is 57.5 Å². The molecule has 0 fully saturated rings. The lowest BCUT2D eigenvalue weighted by atomic mass is 10.1. The zero-order chi connectivity index (χ0) is 21.0. The quantitative estimate of drug-likeness (QED) is 0.601. The third-order valence-corrected chi connectivity index (χ3v) is 4.67. The maximum absolute atomic E-state index is 12.3. The molecule has 0 saturated carbocycles. The van der Waals surface area contributed by atoms with Crippen molar-refractivity contribution in [3.05, 3.63) is 64.2 Å². The Morgan fingerprint density at radius 1 is 1.21 bits per heavy atom. The van der Waals surface area contributed by atoms with Crippen molar-refractivity contribution in [3.63, 3.8) is 0 Å². The molecule has 0 unspecified atom stereocenters. The first-order chi connectivity index (χ1) is 13.9. The van der Waals surface area contributed by atoms with Crippen LogP contribution in [0.3, 0.4) is 0 Å². The van der Waals surface area contributed by atoms with E-state index in [4.69, 9.17) is 9.47 Å². The van der Waals surface area contributed by atoms with E-state index in [1.165, 1.54) is 6.08 Å². The topological polar surface area (TPSA) is 76.7 Å². The standard InChI is InChI=1S/C23H26N2O4/c1-5-28-20-13-18-11-16(4)29-21(18)12-17(20)7-9-22(26)24-25-23(27)19-8-6-14(2)10-15(19)3/h6-10,12-13,16H,5,11H2,1-4H3,(H,24,26)(H,25,27)/b9-7+/t16-/m0/s1. The zero-order valence-corrected chi connectivity index (χ0v) is 17.2. The molecule has 0 radical (unpaired) electrons. The van der Waals surface area contributed by atoms with Gasteiger partial charge in [-0.1, -0.05) is 17.7 Å². The van der Waals surface area contributed by atoms with Crippen molar-refractivity contribution < 1.29 is 19.1 Å². The summed E-state index contributed by atoms with van der Waals surface area (Å²) < 4.78 is 11.5. The fourth-order valence-corrected chi connectivity index (χ4v) is 3.33. The summed E-state index contributed by atoms with van der Waals surface area (Å²) in [6, 6.07) is 9.35. The average Bonchev–Trinajstić information content (AvgIpc) is 3.03. The average molecular weight is 394 g/mol. The number of amides is 2. The Kier molecular flexibility index (Phi) is 6.22. The summed E-state index contributed by atoms with van der Waals surface area (Å²) in [4.78, 5) is 24.4. The summed E-state index contributed by atoms with van der Waals surface area (Å²) in [5.41, 5.74) is 9.13. The van der Waals surface area contributed by atoms with Gasteiger partial charge in [-0.25, -0.2) is 0 Å². The molecule has 29 heavy (non-hydrogen) atoms. The van der Waals surface area contributed by atoms with Crippen LogP contribution in [0.25, 0.3) is 6.08 Å². The van der Waals surface area contributed by atoms with Crippen molar-refractivity contribution in [2.45, 2.75) is 40.2 Å². The van der Waals surface area contributed by atoms with Crippen LogP contribution in [0.1, 0.15) is 46.5 Å². The van der Waals surface area contributed by atoms with E-state index < -0.39 is 5.91 Å². The molecule has 0 spiro atoms. The number of hydrogen-bond acceptors (Lipinski definition) is 4. The van der Waals surface area contributed by atoms with Crippen LogP contribution in [0.2, 0.25) is 0 Å². The van der Waals surface area contributed by atoms with Crippen molar-refractivity contribution in [1.82, 2.24) is 10.9 Å². The van der Waals surface area contributed by atoms with Crippen molar-refractivity contribution in [2.24, 2.45) is 0 Å². The lowest BCUT2D eigenvalue weighted by Crippen LogP contribution is -2.41. The number of carbonyl (C=O) groups is 2. The summed E-state index contributed by atoms with van der Waals surface area (Å²) >= 11 is 0. The van der Waals surface area contributed by atoms with Crippen LogP contribution in [0.4, 0.5) is 0 Å². The number of fused-ring (bicyclic) bond motifs is 1. The molecule has 1 atom stereocenters. The van der Waals surface area contributed by atoms with Crippen LogP contribution in [0, 0.1) is 13.8 Å². The molecule has 1 aliphatic rings. The number of hydrogen-bond donors (Lipinski definition) is 2. The predicted octanol–water partition coefficient (Wildman–Crippen LogP) is 3.50. The molecule has 2 aromatic carbocycles. The monoisotopic (exact) mass is 394 g/mol. The van der Waals surface area contributed by atoms with E-state index in [2.05, 4.69) is 10.9 Å². The Balaban J connectivity index is 1.66. The molecular weight excluding hydrogens is 368 g/mol. The number of hydrazine groups is 1. The van der Waals surface area contributed by atoms with E-state index in [9.17, 15) is 9.59 Å². The maximum Gasteiger partial charge on any atom is 0.269 e. The summed E-state index contributed by atoms with van der Waals surface area (Å²) in [6.45, 7) is 8.27. The van der Waals surface area contributed by atoms with E-state index in [0.29, 0.717) is 17.9 Å². The van der Waals surface area contributed by atoms with E-state index in [1.54, 1.807) is 12.1 Å². The SMILES string of the molecule is CCOc1cc2c(cc1/C=C/C(=O)NNC(=O)c1ccc(C)cc1C)O[C@@H](C)C2. The van der Waals surface area contributed by atoms with Crippen LogP contribution >= 0.6 is 0 Å². The number of benzene rings is 2. The highest BCUT2D eigenvalue weighted by Crippen LogP contribution is 2.35. The maximum atomic E-state index is 12.3. The van der Waals surface area contributed by atoms with E-state index in [-0.39, 0.29) is 12.0 Å². The Hall–Kier alpha value is -3.28. The first-order valence-corrected chi connectivity index (χ1v) is 9.69. The van der Waals surface area contributed by atoms with E-state index in [1.807, 2.05) is 52.0 Å². The van der Waals surface area contributed by atoms with Gasteiger partial charge in [0, 0.05) is 29.2 Å². The molecule has 2 N–H and O–H groups in total. The molecule has 2 amide bonds. The molecule has 6 heteroatoms. The highest BCUT2D eigenvalue weighted by atomic mass is 16.5. The molecule has 152 valence electrons. The summed E-state index contributed by atoms with van der Waals surface area (Å²) in [6.07, 6.45) is 3.97. The van der Waals surface area contributed by atoms with Gasteiger partial charge in [0.2, 0.25) is 0 Å². The fourth-order valence-electron chi connectivity index (χ4n) is 3.33. The summed E-state index contributed by atoms with van der Waals surface area (Å²) in [7, 11) is 0. The Morgan fingerprint density at radius 2 is 2.00 bits per heavy atom. The molecule has 1 heterocycles. The van der Waals surface area contributed by atoms with Gasteiger partial charge in [-0.3, -0.25) is 20.4 Å². The molecule has 0 bridgehead atoms. The van der Waals surface area contributed by atoms with Gasteiger partial charge in [-0.2, -0.15) is 0 Å². The minimum Gasteiger partial charge on any atom is -0.493 e. The Morgan fingerprint density at radius 3 is 2.72 bits per heavy atom.